The Hall–Kier alpha value is -0.600. The molecule has 36 valence electrons. The van der Waals surface area contributed by atoms with Crippen LogP contribution < -0.4 is 5.73 Å². The summed E-state index contributed by atoms with van der Waals surface area (Å²) in [6.45, 7) is 1.10. The van der Waals surface area contributed by atoms with E-state index in [4.69, 9.17) is 0 Å². The van der Waals surface area contributed by atoms with Crippen LogP contribution in [0.5, 0.6) is 0 Å². The normalized spacial score (nSPS) is 13.7. The van der Waals surface area contributed by atoms with Crippen LogP contribution in [0, 0.1) is 0 Å². The number of carbonyl (C=O) groups excluding carboxylic acids is 1. The van der Waals surface area contributed by atoms with Gasteiger partial charge in [0.1, 0.15) is 0 Å². The van der Waals surface area contributed by atoms with Gasteiger partial charge >= 0.3 is 0 Å². The van der Waals surface area contributed by atoms with E-state index in [0.29, 0.717) is 0 Å². The maximum atomic E-state index is 11.3. The summed E-state index contributed by atoms with van der Waals surface area (Å²) in [6.07, 6.45) is -1.51. The molecular weight excluding hydrogens is 85.0 g/mol. The third kappa shape index (κ3) is 1.69. The van der Waals surface area contributed by atoms with Crippen LogP contribution in [0.4, 0.5) is 4.39 Å². The van der Waals surface area contributed by atoms with Gasteiger partial charge in [-0.05, 0) is 6.92 Å². The topological polar surface area (TPSA) is 43.1 Å². The standard InChI is InChI=1S/C3H6FNO/c1-2(4)3(5)6/h2H,1H3,(H2,5,6). The first-order valence-corrected chi connectivity index (χ1v) is 1.58. The van der Waals surface area contributed by atoms with Crippen molar-refractivity contribution in [1.29, 1.82) is 0 Å². The summed E-state index contributed by atoms with van der Waals surface area (Å²) < 4.78 is 11.3. The van der Waals surface area contributed by atoms with E-state index in [2.05, 4.69) is 5.73 Å². The minimum atomic E-state index is -1.51. The van der Waals surface area contributed by atoms with Gasteiger partial charge in [0.15, 0.2) is 6.17 Å². The molecule has 0 aliphatic heterocycles. The number of nitrogens with two attached hydrogens (primary N) is 1. The van der Waals surface area contributed by atoms with Crippen molar-refractivity contribution >= 4 is 5.91 Å². The Bertz CT molecular complexity index is 61.8. The molecule has 0 aliphatic rings. The fraction of sp³-hybridized carbons (Fsp3) is 0.667. The summed E-state index contributed by atoms with van der Waals surface area (Å²) in [5.74, 6) is -0.907. The van der Waals surface area contributed by atoms with Crippen molar-refractivity contribution in [3.05, 3.63) is 0 Å². The van der Waals surface area contributed by atoms with E-state index in [9.17, 15) is 9.18 Å². The molecule has 2 N–H and O–H groups in total. The molecule has 1 unspecified atom stereocenters. The molecule has 1 amide bonds. The van der Waals surface area contributed by atoms with Crippen molar-refractivity contribution in [2.75, 3.05) is 0 Å². The molecule has 0 aromatic carbocycles. The predicted octanol–water partition coefficient (Wildman–Crippen LogP) is -0.170. The van der Waals surface area contributed by atoms with Crippen molar-refractivity contribution in [3.8, 4) is 0 Å². The molecule has 0 fully saturated rings. The quantitative estimate of drug-likeness (QED) is 0.478. The molecule has 0 saturated carbocycles. The smallest absolute Gasteiger partial charge is 0.251 e. The van der Waals surface area contributed by atoms with Gasteiger partial charge in [-0.1, -0.05) is 0 Å². The maximum absolute atomic E-state index is 11.3. The zero-order valence-electron chi connectivity index (χ0n) is 3.44. The van der Waals surface area contributed by atoms with Crippen LogP contribution in [-0.4, -0.2) is 12.1 Å². The number of rotatable bonds is 1. The second-order valence-electron chi connectivity index (χ2n) is 1.02. The van der Waals surface area contributed by atoms with Crippen LogP contribution in [0.15, 0.2) is 0 Å². The molecule has 6 heavy (non-hydrogen) atoms. The minimum absolute atomic E-state index is 0.907. The minimum Gasteiger partial charge on any atom is -0.367 e. The molecular formula is C3H6FNO. The zero-order valence-corrected chi connectivity index (χ0v) is 3.44. The van der Waals surface area contributed by atoms with Gasteiger partial charge in [0.2, 0.25) is 0 Å². The fourth-order valence-electron chi connectivity index (χ4n) is 0. The number of hydrogen-bond acceptors (Lipinski definition) is 1. The lowest BCUT2D eigenvalue weighted by Gasteiger charge is -1.86. The molecule has 3 heteroatoms. The van der Waals surface area contributed by atoms with Gasteiger partial charge in [0.05, 0.1) is 0 Å². The zero-order chi connectivity index (χ0) is 5.15. The first kappa shape index (κ1) is 5.40. The van der Waals surface area contributed by atoms with Gasteiger partial charge in [-0.15, -0.1) is 0 Å². The Labute approximate surface area is 35.1 Å². The van der Waals surface area contributed by atoms with Gasteiger partial charge in [0.25, 0.3) is 5.91 Å². The molecule has 0 saturated heterocycles. The summed E-state index contributed by atoms with van der Waals surface area (Å²) in [4.78, 5) is 9.55. The van der Waals surface area contributed by atoms with E-state index in [1.54, 1.807) is 0 Å². The SMILES string of the molecule is CC(F)C(N)=O. The summed E-state index contributed by atoms with van der Waals surface area (Å²) in [6, 6.07) is 0. The number of alkyl halides is 1. The third-order valence-corrected chi connectivity index (χ3v) is 0.392. The van der Waals surface area contributed by atoms with Crippen molar-refractivity contribution in [2.45, 2.75) is 13.1 Å². The third-order valence-electron chi connectivity index (χ3n) is 0.392. The molecule has 0 aliphatic carbocycles. The van der Waals surface area contributed by atoms with Crippen LogP contribution in [0.25, 0.3) is 0 Å². The van der Waals surface area contributed by atoms with Gasteiger partial charge in [-0.3, -0.25) is 4.79 Å². The Balaban J connectivity index is 3.26. The highest BCUT2D eigenvalue weighted by molar-refractivity contribution is 5.78. The number of halogens is 1. The molecule has 0 spiro atoms. The lowest BCUT2D eigenvalue weighted by Crippen LogP contribution is -2.20. The van der Waals surface area contributed by atoms with Crippen LogP contribution in [0.3, 0.4) is 0 Å². The summed E-state index contributed by atoms with van der Waals surface area (Å²) in [7, 11) is 0. The summed E-state index contributed by atoms with van der Waals surface area (Å²) >= 11 is 0. The molecule has 0 rings (SSSR count). The predicted molar refractivity (Wildman–Crippen MR) is 19.8 cm³/mol. The van der Waals surface area contributed by atoms with Crippen molar-refractivity contribution in [2.24, 2.45) is 5.73 Å². The van der Waals surface area contributed by atoms with E-state index >= 15 is 0 Å². The second kappa shape index (κ2) is 1.74. The molecule has 1 atom stereocenters. The molecule has 0 aromatic heterocycles. The van der Waals surface area contributed by atoms with E-state index in [0.717, 1.165) is 6.92 Å². The highest BCUT2D eigenvalue weighted by atomic mass is 19.1. The van der Waals surface area contributed by atoms with E-state index < -0.39 is 12.1 Å². The molecule has 0 aromatic rings. The van der Waals surface area contributed by atoms with Crippen LogP contribution in [0.1, 0.15) is 6.92 Å². The maximum Gasteiger partial charge on any atom is 0.251 e. The van der Waals surface area contributed by atoms with E-state index in [1.807, 2.05) is 0 Å². The van der Waals surface area contributed by atoms with Crippen LogP contribution >= 0.6 is 0 Å². The summed E-state index contributed by atoms with van der Waals surface area (Å²) in [5.41, 5.74) is 4.42. The molecule has 0 heterocycles. The second-order valence-corrected chi connectivity index (χ2v) is 1.02. The highest BCUT2D eigenvalue weighted by Crippen LogP contribution is 1.80. The summed E-state index contributed by atoms with van der Waals surface area (Å²) in [5, 5.41) is 0. The number of primary amides is 1. The number of hydrogen-bond donors (Lipinski definition) is 1. The average molecular weight is 91.1 g/mol. The lowest BCUT2D eigenvalue weighted by molar-refractivity contribution is -0.122. The fourth-order valence-corrected chi connectivity index (χ4v) is 0. The van der Waals surface area contributed by atoms with Crippen molar-refractivity contribution in [1.82, 2.24) is 0 Å². The Morgan fingerprint density at radius 1 is 2.00 bits per heavy atom. The Morgan fingerprint density at radius 3 is 2.17 bits per heavy atom. The number of amides is 1. The van der Waals surface area contributed by atoms with Crippen molar-refractivity contribution in [3.63, 3.8) is 0 Å². The molecule has 0 radical (unpaired) electrons. The number of carbonyl (C=O) groups is 1. The lowest BCUT2D eigenvalue weighted by atomic mass is 10.4. The van der Waals surface area contributed by atoms with Crippen LogP contribution in [-0.2, 0) is 4.79 Å². The highest BCUT2D eigenvalue weighted by Gasteiger charge is 2.01. The Kier molecular flexibility index (Phi) is 1.57. The average Bonchev–Trinajstić information content (AvgIpc) is 1.36. The van der Waals surface area contributed by atoms with Gasteiger partial charge in [-0.2, -0.15) is 0 Å². The first-order valence-electron chi connectivity index (χ1n) is 1.58. The Morgan fingerprint density at radius 2 is 2.17 bits per heavy atom. The van der Waals surface area contributed by atoms with E-state index in [-0.39, 0.29) is 0 Å². The molecule has 0 bridgehead atoms. The van der Waals surface area contributed by atoms with Gasteiger partial charge in [-0.25, -0.2) is 4.39 Å². The van der Waals surface area contributed by atoms with E-state index in [1.165, 1.54) is 0 Å². The molecule has 2 nitrogen and oxygen atoms in total. The van der Waals surface area contributed by atoms with Crippen LogP contribution in [0.2, 0.25) is 0 Å². The monoisotopic (exact) mass is 91.0 g/mol. The largest absolute Gasteiger partial charge is 0.367 e. The first-order chi connectivity index (χ1) is 2.64. The van der Waals surface area contributed by atoms with Crippen molar-refractivity contribution < 1.29 is 9.18 Å². The van der Waals surface area contributed by atoms with Gasteiger partial charge < -0.3 is 5.73 Å². The van der Waals surface area contributed by atoms with Gasteiger partial charge in [0, 0.05) is 0 Å².